The van der Waals surface area contributed by atoms with Crippen LogP contribution in [0.25, 0.3) is 0 Å². The Bertz CT molecular complexity index is 1070. The number of carbonyl (C=O) groups excluding carboxylic acids is 1. The van der Waals surface area contributed by atoms with Crippen molar-refractivity contribution in [3.8, 4) is 0 Å². The highest BCUT2D eigenvalue weighted by atomic mass is 32.2. The van der Waals surface area contributed by atoms with Crippen LogP contribution in [0, 0.1) is 5.92 Å². The topological polar surface area (TPSA) is 87.3 Å². The molecule has 0 unspecified atom stereocenters. The Kier molecular flexibility index (Phi) is 6.58. The van der Waals surface area contributed by atoms with Crippen LogP contribution in [0.15, 0.2) is 47.4 Å². The van der Waals surface area contributed by atoms with Crippen molar-refractivity contribution in [3.05, 3.63) is 59.2 Å². The summed E-state index contributed by atoms with van der Waals surface area (Å²) in [7, 11) is -3.73. The molecule has 1 atom stereocenters. The Morgan fingerprint density at radius 3 is 2.22 bits per heavy atom. The van der Waals surface area contributed by atoms with Crippen molar-refractivity contribution in [3.63, 3.8) is 0 Å². The van der Waals surface area contributed by atoms with Gasteiger partial charge in [0.1, 0.15) is 0 Å². The van der Waals surface area contributed by atoms with Crippen molar-refractivity contribution < 1.29 is 13.2 Å². The molecule has 0 saturated heterocycles. The molecular formula is C25H33N3O3S. The fourth-order valence-electron chi connectivity index (χ4n) is 4.60. The molecule has 1 fully saturated rings. The van der Waals surface area contributed by atoms with E-state index in [2.05, 4.69) is 34.4 Å². The molecule has 0 spiro atoms. The van der Waals surface area contributed by atoms with Crippen LogP contribution in [0.1, 0.15) is 61.5 Å². The van der Waals surface area contributed by atoms with Crippen molar-refractivity contribution in [2.45, 2.75) is 75.9 Å². The minimum absolute atomic E-state index is 0.0132. The predicted octanol–water partition coefficient (Wildman–Crippen LogP) is 3.87. The van der Waals surface area contributed by atoms with Crippen LogP contribution >= 0.6 is 0 Å². The van der Waals surface area contributed by atoms with Gasteiger partial charge in [0.15, 0.2) is 0 Å². The van der Waals surface area contributed by atoms with Gasteiger partial charge in [-0.1, -0.05) is 30.7 Å². The van der Waals surface area contributed by atoms with Gasteiger partial charge < -0.3 is 10.6 Å². The van der Waals surface area contributed by atoms with Crippen LogP contribution in [0.5, 0.6) is 0 Å². The summed E-state index contributed by atoms with van der Waals surface area (Å²) in [5.41, 5.74) is 3.53. The molecule has 6 nitrogen and oxygen atoms in total. The smallest absolute Gasteiger partial charge is 0.251 e. The molecular weight excluding hydrogens is 422 g/mol. The van der Waals surface area contributed by atoms with Crippen LogP contribution < -0.4 is 15.4 Å². The van der Waals surface area contributed by atoms with Crippen LogP contribution in [-0.2, 0) is 22.9 Å². The second-order valence-corrected chi connectivity index (χ2v) is 11.2. The van der Waals surface area contributed by atoms with Crippen LogP contribution in [0.4, 0.5) is 5.69 Å². The number of anilines is 1. The SMILES string of the molecule is CC(C)NS(=O)(=O)c1cc(N[C@@H](C)C2CCC2)cc(C(=O)NC2Cc3ccccc3C2)c1. The fraction of sp³-hybridized carbons (Fsp3) is 0.480. The van der Waals surface area contributed by atoms with Gasteiger partial charge in [-0.25, -0.2) is 13.1 Å². The van der Waals surface area contributed by atoms with Gasteiger partial charge in [0.2, 0.25) is 10.0 Å². The molecule has 2 aliphatic carbocycles. The molecule has 32 heavy (non-hydrogen) atoms. The highest BCUT2D eigenvalue weighted by Crippen LogP contribution is 2.32. The molecule has 1 amide bonds. The third-order valence-corrected chi connectivity index (χ3v) is 8.15. The lowest BCUT2D eigenvalue weighted by molar-refractivity contribution is 0.0938. The second-order valence-electron chi connectivity index (χ2n) is 9.49. The molecule has 0 radical (unpaired) electrons. The number of amides is 1. The zero-order valence-corrected chi connectivity index (χ0v) is 19.8. The minimum Gasteiger partial charge on any atom is -0.382 e. The van der Waals surface area contributed by atoms with E-state index in [0.717, 1.165) is 12.8 Å². The second kappa shape index (κ2) is 9.24. The summed E-state index contributed by atoms with van der Waals surface area (Å²) in [6.45, 7) is 5.68. The van der Waals surface area contributed by atoms with Gasteiger partial charge in [0, 0.05) is 29.4 Å². The van der Waals surface area contributed by atoms with Crippen molar-refractivity contribution in [1.82, 2.24) is 10.0 Å². The summed E-state index contributed by atoms with van der Waals surface area (Å²) in [5.74, 6) is 0.335. The average Bonchev–Trinajstić information content (AvgIpc) is 3.07. The summed E-state index contributed by atoms with van der Waals surface area (Å²) in [6.07, 6.45) is 5.17. The molecule has 4 rings (SSSR count). The third-order valence-electron chi connectivity index (χ3n) is 6.51. The zero-order chi connectivity index (χ0) is 22.9. The molecule has 7 heteroatoms. The Balaban J connectivity index is 1.57. The average molecular weight is 456 g/mol. The van der Waals surface area contributed by atoms with Crippen molar-refractivity contribution >= 4 is 21.6 Å². The number of hydrogen-bond acceptors (Lipinski definition) is 4. The quantitative estimate of drug-likeness (QED) is 0.564. The summed E-state index contributed by atoms with van der Waals surface area (Å²) < 4.78 is 28.4. The first-order valence-corrected chi connectivity index (χ1v) is 13.0. The summed E-state index contributed by atoms with van der Waals surface area (Å²) in [6, 6.07) is 13.1. The molecule has 172 valence electrons. The Hall–Kier alpha value is -2.38. The normalized spacial score (nSPS) is 17.6. The van der Waals surface area contributed by atoms with E-state index in [4.69, 9.17) is 0 Å². The largest absolute Gasteiger partial charge is 0.382 e. The number of sulfonamides is 1. The molecule has 0 bridgehead atoms. The summed E-state index contributed by atoms with van der Waals surface area (Å²) in [4.78, 5) is 13.2. The molecule has 0 aliphatic heterocycles. The van der Waals surface area contributed by atoms with E-state index in [1.807, 2.05) is 12.1 Å². The fourth-order valence-corrected chi connectivity index (χ4v) is 5.92. The Morgan fingerprint density at radius 1 is 1.00 bits per heavy atom. The first-order valence-electron chi connectivity index (χ1n) is 11.5. The lowest BCUT2D eigenvalue weighted by atomic mass is 9.80. The number of carbonyl (C=O) groups is 1. The maximum atomic E-state index is 13.1. The van der Waals surface area contributed by atoms with Gasteiger partial charge in [0.05, 0.1) is 4.90 Å². The van der Waals surface area contributed by atoms with Crippen molar-refractivity contribution in [2.75, 3.05) is 5.32 Å². The van der Waals surface area contributed by atoms with E-state index in [1.54, 1.807) is 26.0 Å². The Morgan fingerprint density at radius 2 is 1.66 bits per heavy atom. The first-order chi connectivity index (χ1) is 15.2. The van der Waals surface area contributed by atoms with Gasteiger partial charge in [-0.3, -0.25) is 4.79 Å². The molecule has 2 aromatic carbocycles. The lowest BCUT2D eigenvalue weighted by Gasteiger charge is -2.32. The van der Waals surface area contributed by atoms with Crippen LogP contribution in [-0.4, -0.2) is 32.5 Å². The van der Waals surface area contributed by atoms with Crippen LogP contribution in [0.2, 0.25) is 0 Å². The van der Waals surface area contributed by atoms with Gasteiger partial charge in [0.25, 0.3) is 5.91 Å². The van der Waals surface area contributed by atoms with E-state index in [9.17, 15) is 13.2 Å². The monoisotopic (exact) mass is 455 g/mol. The molecule has 1 saturated carbocycles. The predicted molar refractivity (Wildman–Crippen MR) is 127 cm³/mol. The molecule has 0 aromatic heterocycles. The minimum atomic E-state index is -3.73. The molecule has 2 aliphatic rings. The van der Waals surface area contributed by atoms with E-state index in [0.29, 0.717) is 17.2 Å². The zero-order valence-electron chi connectivity index (χ0n) is 19.0. The Labute approximate surface area is 191 Å². The standard InChI is InChI=1S/C25H33N3O3S/c1-16(2)28-32(30,31)24-14-21(13-23(15-24)26-17(3)18-9-6-10-18)25(29)27-22-11-19-7-4-5-8-20(19)12-22/h4-5,7-8,13-18,22,26,28H,6,9-12H2,1-3H3,(H,27,29)/t17-/m0/s1. The van der Waals surface area contributed by atoms with Crippen molar-refractivity contribution in [1.29, 1.82) is 0 Å². The van der Waals surface area contributed by atoms with E-state index in [-0.39, 0.29) is 28.9 Å². The number of benzene rings is 2. The molecule has 0 heterocycles. The number of rotatable bonds is 8. The van der Waals surface area contributed by atoms with Gasteiger partial charge in [-0.15, -0.1) is 0 Å². The van der Waals surface area contributed by atoms with Gasteiger partial charge in [-0.05, 0) is 81.7 Å². The molecule has 2 aromatic rings. The first kappa shape index (κ1) is 22.8. The highest BCUT2D eigenvalue weighted by Gasteiger charge is 2.27. The van der Waals surface area contributed by atoms with E-state index >= 15 is 0 Å². The maximum Gasteiger partial charge on any atom is 0.251 e. The summed E-state index contributed by atoms with van der Waals surface area (Å²) >= 11 is 0. The maximum absolute atomic E-state index is 13.1. The van der Waals surface area contributed by atoms with E-state index in [1.165, 1.54) is 36.5 Å². The van der Waals surface area contributed by atoms with Crippen molar-refractivity contribution in [2.24, 2.45) is 5.92 Å². The highest BCUT2D eigenvalue weighted by molar-refractivity contribution is 7.89. The van der Waals surface area contributed by atoms with Gasteiger partial charge in [-0.2, -0.15) is 0 Å². The number of nitrogens with one attached hydrogen (secondary N) is 3. The summed E-state index contributed by atoms with van der Waals surface area (Å²) in [5, 5.41) is 6.55. The van der Waals surface area contributed by atoms with Crippen LogP contribution in [0.3, 0.4) is 0 Å². The lowest BCUT2D eigenvalue weighted by Crippen LogP contribution is -2.36. The third kappa shape index (κ3) is 5.15. The van der Waals surface area contributed by atoms with E-state index < -0.39 is 10.0 Å². The number of fused-ring (bicyclic) bond motifs is 1. The molecule has 3 N–H and O–H groups in total. The number of hydrogen-bond donors (Lipinski definition) is 3. The van der Waals surface area contributed by atoms with Gasteiger partial charge >= 0.3 is 0 Å².